The highest BCUT2D eigenvalue weighted by Crippen LogP contribution is 2.24. The van der Waals surface area contributed by atoms with E-state index in [2.05, 4.69) is 32.7 Å². The number of rotatable bonds is 10. The van der Waals surface area contributed by atoms with Gasteiger partial charge in [0.05, 0.1) is 33.0 Å². The zero-order chi connectivity index (χ0) is 22.6. The van der Waals surface area contributed by atoms with Crippen LogP contribution in [0.3, 0.4) is 0 Å². The lowest BCUT2D eigenvalue weighted by Crippen LogP contribution is -2.51. The molecule has 1 fully saturated rings. The normalized spacial score (nSPS) is 17.7. The molecule has 1 aliphatic heterocycles. The number of nitrogens with zero attached hydrogens (tertiary/aromatic N) is 2. The van der Waals surface area contributed by atoms with Gasteiger partial charge in [-0.3, -0.25) is 4.99 Å². The van der Waals surface area contributed by atoms with E-state index in [4.69, 9.17) is 9.47 Å². The van der Waals surface area contributed by atoms with Crippen LogP contribution in [0.2, 0.25) is 0 Å². The first-order valence-electron chi connectivity index (χ1n) is 11.4. The summed E-state index contributed by atoms with van der Waals surface area (Å²) in [5, 5.41) is 17.1. The van der Waals surface area contributed by atoms with Gasteiger partial charge in [0, 0.05) is 37.4 Å². The van der Waals surface area contributed by atoms with Gasteiger partial charge in [0.1, 0.15) is 5.75 Å². The summed E-state index contributed by atoms with van der Waals surface area (Å²) in [4.78, 5) is 6.96. The summed E-state index contributed by atoms with van der Waals surface area (Å²) in [6, 6.07) is 18.4. The van der Waals surface area contributed by atoms with E-state index >= 15 is 0 Å². The fourth-order valence-corrected chi connectivity index (χ4v) is 3.79. The van der Waals surface area contributed by atoms with Gasteiger partial charge in [-0.2, -0.15) is 0 Å². The van der Waals surface area contributed by atoms with Crippen molar-refractivity contribution in [3.05, 3.63) is 60.2 Å². The molecule has 2 atom stereocenters. The Balaban J connectivity index is 1.49. The zero-order valence-electron chi connectivity index (χ0n) is 19.2. The fourth-order valence-electron chi connectivity index (χ4n) is 3.79. The molecule has 0 radical (unpaired) electrons. The topological polar surface area (TPSA) is 78.4 Å². The summed E-state index contributed by atoms with van der Waals surface area (Å²) in [6.07, 6.45) is 1.53. The fraction of sp³-hybridized carbons (Fsp3) is 0.480. The Hall–Kier alpha value is -2.77. The van der Waals surface area contributed by atoms with Gasteiger partial charge in [0.25, 0.3) is 0 Å². The Bertz CT molecular complexity index is 831. The average molecular weight is 441 g/mol. The third-order valence-electron chi connectivity index (χ3n) is 5.41. The Morgan fingerprint density at radius 1 is 1.22 bits per heavy atom. The molecule has 7 nitrogen and oxygen atoms in total. The maximum absolute atomic E-state index is 10.3. The van der Waals surface area contributed by atoms with Gasteiger partial charge < -0.3 is 30.1 Å². The quantitative estimate of drug-likeness (QED) is 0.390. The molecule has 0 saturated carbocycles. The molecule has 0 amide bonds. The van der Waals surface area contributed by atoms with Crippen molar-refractivity contribution in [3.8, 4) is 5.75 Å². The van der Waals surface area contributed by atoms with Crippen molar-refractivity contribution in [1.29, 1.82) is 0 Å². The maximum atomic E-state index is 10.3. The van der Waals surface area contributed by atoms with Crippen LogP contribution in [0.5, 0.6) is 5.75 Å². The third-order valence-corrected chi connectivity index (χ3v) is 5.41. The largest absolute Gasteiger partial charge is 0.497 e. The van der Waals surface area contributed by atoms with E-state index in [1.807, 2.05) is 49.4 Å². The molecule has 2 aromatic rings. The van der Waals surface area contributed by atoms with Crippen LogP contribution in [0.1, 0.15) is 25.3 Å². The minimum absolute atomic E-state index is 0.255. The zero-order valence-corrected chi connectivity index (χ0v) is 19.2. The summed E-state index contributed by atoms with van der Waals surface area (Å²) < 4.78 is 11.0. The molecule has 3 rings (SSSR count). The predicted octanol–water partition coefficient (Wildman–Crippen LogP) is 2.80. The van der Waals surface area contributed by atoms with Crippen molar-refractivity contribution in [3.63, 3.8) is 0 Å². The minimum atomic E-state index is -0.645. The highest BCUT2D eigenvalue weighted by Gasteiger charge is 2.21. The number of ether oxygens (including phenoxy) is 2. The van der Waals surface area contributed by atoms with Crippen LogP contribution in [-0.4, -0.2) is 63.1 Å². The summed E-state index contributed by atoms with van der Waals surface area (Å²) in [7, 11) is 1.69. The number of hydrogen-bond acceptors (Lipinski definition) is 5. The monoisotopic (exact) mass is 440 g/mol. The number of anilines is 1. The number of aliphatic hydroxyl groups excluding tert-OH is 1. The smallest absolute Gasteiger partial charge is 0.191 e. The van der Waals surface area contributed by atoms with Crippen molar-refractivity contribution in [2.75, 3.05) is 44.8 Å². The summed E-state index contributed by atoms with van der Waals surface area (Å²) in [5.41, 5.74) is 2.26. The van der Waals surface area contributed by atoms with E-state index in [9.17, 15) is 5.11 Å². The Morgan fingerprint density at radius 2 is 2.06 bits per heavy atom. The average Bonchev–Trinajstić information content (AvgIpc) is 2.83. The number of methoxy groups -OCH3 is 1. The van der Waals surface area contributed by atoms with E-state index in [1.165, 1.54) is 5.69 Å². The first-order valence-corrected chi connectivity index (χ1v) is 11.4. The van der Waals surface area contributed by atoms with Gasteiger partial charge >= 0.3 is 0 Å². The van der Waals surface area contributed by atoms with Crippen LogP contribution in [0.15, 0.2) is 59.6 Å². The van der Waals surface area contributed by atoms with E-state index in [0.29, 0.717) is 6.61 Å². The second-order valence-corrected chi connectivity index (χ2v) is 8.01. The van der Waals surface area contributed by atoms with Gasteiger partial charge in [0.2, 0.25) is 0 Å². The molecule has 0 spiro atoms. The highest BCUT2D eigenvalue weighted by atomic mass is 16.5. The molecule has 1 heterocycles. The van der Waals surface area contributed by atoms with E-state index in [0.717, 1.165) is 49.7 Å². The molecule has 3 N–H and O–H groups in total. The predicted molar refractivity (Wildman–Crippen MR) is 129 cm³/mol. The molecule has 1 saturated heterocycles. The first-order chi connectivity index (χ1) is 15.7. The molecular formula is C25H36N4O3. The molecule has 7 heteroatoms. The molecule has 0 bridgehead atoms. The van der Waals surface area contributed by atoms with Gasteiger partial charge in [-0.05, 0) is 37.5 Å². The van der Waals surface area contributed by atoms with E-state index in [-0.39, 0.29) is 19.2 Å². The van der Waals surface area contributed by atoms with Crippen LogP contribution in [0.25, 0.3) is 0 Å². The Labute approximate surface area is 191 Å². The second-order valence-electron chi connectivity index (χ2n) is 8.01. The maximum Gasteiger partial charge on any atom is 0.191 e. The van der Waals surface area contributed by atoms with Crippen LogP contribution < -0.4 is 20.3 Å². The highest BCUT2D eigenvalue weighted by molar-refractivity contribution is 5.80. The van der Waals surface area contributed by atoms with Gasteiger partial charge in [-0.25, -0.2) is 0 Å². The molecule has 2 aromatic carbocycles. The van der Waals surface area contributed by atoms with Crippen molar-refractivity contribution in [2.24, 2.45) is 4.99 Å². The molecule has 2 unspecified atom stereocenters. The molecule has 0 aliphatic carbocycles. The Kier molecular flexibility index (Phi) is 9.65. The summed E-state index contributed by atoms with van der Waals surface area (Å²) >= 11 is 0. The first kappa shape index (κ1) is 23.9. The number of aliphatic hydroxyl groups is 1. The van der Waals surface area contributed by atoms with Crippen LogP contribution in [-0.2, 0) is 11.3 Å². The van der Waals surface area contributed by atoms with Crippen molar-refractivity contribution in [1.82, 2.24) is 10.6 Å². The minimum Gasteiger partial charge on any atom is -0.497 e. The lowest BCUT2D eigenvalue weighted by atomic mass is 10.0. The third kappa shape index (κ3) is 7.73. The van der Waals surface area contributed by atoms with Crippen LogP contribution >= 0.6 is 0 Å². The van der Waals surface area contributed by atoms with Gasteiger partial charge in [0.15, 0.2) is 5.96 Å². The summed E-state index contributed by atoms with van der Waals surface area (Å²) in [5.74, 6) is 1.60. The molecule has 32 heavy (non-hydrogen) atoms. The van der Waals surface area contributed by atoms with Crippen molar-refractivity contribution in [2.45, 2.75) is 38.5 Å². The van der Waals surface area contributed by atoms with Gasteiger partial charge in [-0.15, -0.1) is 0 Å². The number of piperidine rings is 1. The van der Waals surface area contributed by atoms with Crippen molar-refractivity contribution >= 4 is 11.6 Å². The lowest BCUT2D eigenvalue weighted by molar-refractivity contribution is 0.0331. The second kappa shape index (κ2) is 12.9. The standard InChI is InChI=1S/C25H36N4O3/c1-3-26-25(27-16-23(30)19-32-18-20-9-5-4-6-10-20)28-21-11-8-14-29(17-21)22-12-7-13-24(15-22)31-2/h4-7,9-10,12-13,15,21,23,30H,3,8,11,14,16-19H2,1-2H3,(H2,26,27,28). The molecule has 1 aliphatic rings. The number of guanidine groups is 1. The van der Waals surface area contributed by atoms with Crippen molar-refractivity contribution < 1.29 is 14.6 Å². The summed E-state index contributed by atoms with van der Waals surface area (Å²) in [6.45, 7) is 5.75. The van der Waals surface area contributed by atoms with Crippen LogP contribution in [0.4, 0.5) is 5.69 Å². The Morgan fingerprint density at radius 3 is 2.84 bits per heavy atom. The number of nitrogens with one attached hydrogen (secondary N) is 2. The van der Waals surface area contributed by atoms with Gasteiger partial charge in [-0.1, -0.05) is 36.4 Å². The van der Waals surface area contributed by atoms with E-state index < -0.39 is 6.10 Å². The SMILES string of the molecule is CCNC(=NCC(O)COCc1ccccc1)NC1CCCN(c2cccc(OC)c2)C1. The van der Waals surface area contributed by atoms with Crippen LogP contribution in [0, 0.1) is 0 Å². The number of aliphatic imine (C=N–C) groups is 1. The molecule has 0 aromatic heterocycles. The molecular weight excluding hydrogens is 404 g/mol. The lowest BCUT2D eigenvalue weighted by Gasteiger charge is -2.35. The number of hydrogen-bond donors (Lipinski definition) is 3. The van der Waals surface area contributed by atoms with E-state index in [1.54, 1.807) is 7.11 Å². The molecule has 174 valence electrons. The number of benzene rings is 2.